The van der Waals surface area contributed by atoms with Crippen LogP contribution in [-0.2, 0) is 17.8 Å². The smallest absolute Gasteiger partial charge is 0.339 e. The van der Waals surface area contributed by atoms with Crippen LogP contribution in [0.25, 0.3) is 0 Å². The normalized spacial score (nSPS) is 10.7. The van der Waals surface area contributed by atoms with Crippen molar-refractivity contribution >= 4 is 17.6 Å². The van der Waals surface area contributed by atoms with E-state index in [1.54, 1.807) is 6.07 Å². The van der Waals surface area contributed by atoms with Crippen molar-refractivity contribution in [3.8, 4) is 5.75 Å². The Balaban J connectivity index is 2.00. The average molecular weight is 398 g/mol. The molecule has 2 rings (SSSR count). The number of carbonyl (C=O) groups is 2. The van der Waals surface area contributed by atoms with E-state index in [0.29, 0.717) is 12.2 Å². The van der Waals surface area contributed by atoms with Gasteiger partial charge in [0, 0.05) is 12.6 Å². The van der Waals surface area contributed by atoms with E-state index in [0.717, 1.165) is 12.0 Å². The van der Waals surface area contributed by atoms with E-state index in [9.17, 15) is 19.8 Å². The van der Waals surface area contributed by atoms with Gasteiger partial charge in [-0.15, -0.1) is 0 Å². The molecule has 0 heterocycles. The molecule has 0 aromatic heterocycles. The minimum absolute atomic E-state index is 0.191. The fraction of sp³-hybridized carbons (Fsp3) is 0.417. The highest BCUT2D eigenvalue weighted by atomic mass is 16.4. The molecular weight excluding hydrogens is 366 g/mol. The molecule has 0 aliphatic carbocycles. The van der Waals surface area contributed by atoms with Gasteiger partial charge in [0.2, 0.25) is 5.91 Å². The Labute approximate surface area is 173 Å². The van der Waals surface area contributed by atoms with E-state index in [-0.39, 0.29) is 17.2 Å². The maximum absolute atomic E-state index is 12.1. The maximum Gasteiger partial charge on any atom is 0.339 e. The van der Waals surface area contributed by atoms with Crippen LogP contribution in [0.3, 0.4) is 0 Å². The number of hydrogen-bond donors (Lipinski definition) is 2. The molecule has 0 spiro atoms. The van der Waals surface area contributed by atoms with Gasteiger partial charge in [-0.2, -0.15) is 0 Å². The molecule has 5 nitrogen and oxygen atoms in total. The molecule has 5 heteroatoms. The fourth-order valence-corrected chi connectivity index (χ4v) is 3.35. The van der Waals surface area contributed by atoms with Gasteiger partial charge in [-0.1, -0.05) is 63.3 Å². The highest BCUT2D eigenvalue weighted by Gasteiger charge is 2.17. The molecule has 0 aliphatic rings. The number of carboxylic acids is 1. The van der Waals surface area contributed by atoms with Crippen molar-refractivity contribution < 1.29 is 19.8 Å². The molecule has 0 saturated heterocycles. The number of nitrogens with zero attached hydrogens (tertiary/aromatic N) is 1. The van der Waals surface area contributed by atoms with Gasteiger partial charge >= 0.3 is 5.97 Å². The van der Waals surface area contributed by atoms with Crippen molar-refractivity contribution in [1.82, 2.24) is 0 Å². The van der Waals surface area contributed by atoms with Gasteiger partial charge < -0.3 is 15.1 Å². The number of hydrogen-bond acceptors (Lipinski definition) is 3. The van der Waals surface area contributed by atoms with Crippen molar-refractivity contribution in [2.45, 2.75) is 65.3 Å². The van der Waals surface area contributed by atoms with Crippen molar-refractivity contribution in [2.24, 2.45) is 0 Å². The predicted molar refractivity (Wildman–Crippen MR) is 115 cm³/mol. The number of aromatic hydroxyl groups is 1. The lowest BCUT2D eigenvalue weighted by atomic mass is 10.0. The number of rotatable bonds is 11. The van der Waals surface area contributed by atoms with Crippen LogP contribution in [0.5, 0.6) is 5.75 Å². The topological polar surface area (TPSA) is 77.8 Å². The second kappa shape index (κ2) is 11.2. The van der Waals surface area contributed by atoms with Crippen LogP contribution in [0.2, 0.25) is 0 Å². The summed E-state index contributed by atoms with van der Waals surface area (Å²) in [5.41, 5.74) is 2.49. The Kier molecular flexibility index (Phi) is 8.71. The molecule has 0 radical (unpaired) electrons. The van der Waals surface area contributed by atoms with Crippen LogP contribution in [0.1, 0.15) is 73.9 Å². The Morgan fingerprint density at radius 3 is 2.14 bits per heavy atom. The summed E-state index contributed by atoms with van der Waals surface area (Å²) in [5.74, 6) is -1.74. The third-order valence-electron chi connectivity index (χ3n) is 5.08. The first-order valence-corrected chi connectivity index (χ1v) is 10.3. The summed E-state index contributed by atoms with van der Waals surface area (Å²) < 4.78 is 0. The van der Waals surface area contributed by atoms with E-state index in [4.69, 9.17) is 0 Å². The largest absolute Gasteiger partial charge is 0.507 e. The first kappa shape index (κ1) is 22.5. The summed E-state index contributed by atoms with van der Waals surface area (Å²) in [6.07, 6.45) is 8.70. The summed E-state index contributed by atoms with van der Waals surface area (Å²) >= 11 is 0. The number of carbonyl (C=O) groups excluding carboxylic acids is 1. The monoisotopic (exact) mass is 397 g/mol. The van der Waals surface area contributed by atoms with Crippen LogP contribution in [-0.4, -0.2) is 22.1 Å². The Bertz CT molecular complexity index is 814. The SMILES string of the molecule is CCCCCCCCc1ccc(CN(C(C)=O)c2ccc(O)c(C(=O)O)c2)cc1. The zero-order valence-electron chi connectivity index (χ0n) is 17.4. The zero-order valence-corrected chi connectivity index (χ0v) is 17.4. The zero-order chi connectivity index (χ0) is 21.2. The van der Waals surface area contributed by atoms with Crippen molar-refractivity contribution in [3.05, 3.63) is 59.2 Å². The van der Waals surface area contributed by atoms with E-state index < -0.39 is 5.97 Å². The molecule has 29 heavy (non-hydrogen) atoms. The average Bonchev–Trinajstić information content (AvgIpc) is 2.70. The second-order valence-corrected chi connectivity index (χ2v) is 7.45. The van der Waals surface area contributed by atoms with Crippen molar-refractivity contribution in [1.29, 1.82) is 0 Å². The molecule has 2 aromatic rings. The third-order valence-corrected chi connectivity index (χ3v) is 5.08. The number of phenols is 1. The van der Waals surface area contributed by atoms with E-state index >= 15 is 0 Å². The Morgan fingerprint density at radius 1 is 0.897 bits per heavy atom. The lowest BCUT2D eigenvalue weighted by molar-refractivity contribution is -0.116. The van der Waals surface area contributed by atoms with Gasteiger partial charge in [-0.25, -0.2) is 4.79 Å². The van der Waals surface area contributed by atoms with E-state index in [1.165, 1.54) is 68.0 Å². The van der Waals surface area contributed by atoms with Gasteiger partial charge in [-0.3, -0.25) is 4.79 Å². The molecule has 2 aromatic carbocycles. The number of carboxylic acid groups (broad SMARTS) is 1. The standard InChI is InChI=1S/C24H31NO4/c1-3-4-5-6-7-8-9-19-10-12-20(13-11-19)17-25(18(2)26)21-14-15-23(27)22(16-21)24(28)29/h10-16,27H,3-9,17H2,1-2H3,(H,28,29). The molecule has 1 amide bonds. The van der Waals surface area contributed by atoms with Gasteiger partial charge in [0.1, 0.15) is 11.3 Å². The summed E-state index contributed by atoms with van der Waals surface area (Å²) in [6, 6.07) is 12.4. The molecule has 0 atom stereocenters. The minimum atomic E-state index is -1.23. The number of amides is 1. The Hall–Kier alpha value is -2.82. The fourth-order valence-electron chi connectivity index (χ4n) is 3.35. The molecule has 156 valence electrons. The minimum Gasteiger partial charge on any atom is -0.507 e. The predicted octanol–water partition coefficient (Wildman–Crippen LogP) is 5.55. The van der Waals surface area contributed by atoms with Crippen LogP contribution in [0, 0.1) is 0 Å². The molecule has 2 N–H and O–H groups in total. The van der Waals surface area contributed by atoms with E-state index in [2.05, 4.69) is 19.1 Å². The quantitative estimate of drug-likeness (QED) is 0.488. The molecule has 0 saturated carbocycles. The second-order valence-electron chi connectivity index (χ2n) is 7.45. The van der Waals surface area contributed by atoms with Gasteiger partial charge in [0.05, 0.1) is 6.54 Å². The summed E-state index contributed by atoms with van der Waals surface area (Å²) in [4.78, 5) is 24.9. The maximum atomic E-state index is 12.1. The number of unbranched alkanes of at least 4 members (excludes halogenated alkanes) is 5. The highest BCUT2D eigenvalue weighted by molar-refractivity contribution is 5.96. The molecular formula is C24H31NO4. The number of benzene rings is 2. The van der Waals surface area contributed by atoms with Gasteiger partial charge in [0.25, 0.3) is 0 Å². The molecule has 0 bridgehead atoms. The number of aromatic carboxylic acids is 1. The van der Waals surface area contributed by atoms with Crippen molar-refractivity contribution in [2.75, 3.05) is 4.90 Å². The molecule has 0 aliphatic heterocycles. The van der Waals surface area contributed by atoms with Gasteiger partial charge in [0.15, 0.2) is 0 Å². The van der Waals surface area contributed by atoms with E-state index in [1.807, 2.05) is 12.1 Å². The molecule has 0 fully saturated rings. The van der Waals surface area contributed by atoms with Gasteiger partial charge in [-0.05, 0) is 42.2 Å². The van der Waals surface area contributed by atoms with Crippen LogP contribution >= 0.6 is 0 Å². The first-order valence-electron chi connectivity index (χ1n) is 10.3. The van der Waals surface area contributed by atoms with Crippen LogP contribution < -0.4 is 4.90 Å². The summed E-state index contributed by atoms with van der Waals surface area (Å²) in [7, 11) is 0. The summed E-state index contributed by atoms with van der Waals surface area (Å²) in [6.45, 7) is 4.01. The summed E-state index contributed by atoms with van der Waals surface area (Å²) in [5, 5.41) is 18.9. The van der Waals surface area contributed by atoms with Crippen molar-refractivity contribution in [3.63, 3.8) is 0 Å². The van der Waals surface area contributed by atoms with Crippen LogP contribution in [0.4, 0.5) is 5.69 Å². The number of anilines is 1. The van der Waals surface area contributed by atoms with Crippen LogP contribution in [0.15, 0.2) is 42.5 Å². The highest BCUT2D eigenvalue weighted by Crippen LogP contribution is 2.26. The Morgan fingerprint density at radius 2 is 1.52 bits per heavy atom. The number of aryl methyl sites for hydroxylation is 1. The lowest BCUT2D eigenvalue weighted by Crippen LogP contribution is -2.28. The third kappa shape index (κ3) is 6.93. The first-order chi connectivity index (χ1) is 13.9. The lowest BCUT2D eigenvalue weighted by Gasteiger charge is -2.22. The molecule has 0 unspecified atom stereocenters.